The van der Waals surface area contributed by atoms with E-state index in [0.717, 1.165) is 36.7 Å². The van der Waals surface area contributed by atoms with Gasteiger partial charge in [0, 0.05) is 0 Å². The van der Waals surface area contributed by atoms with Crippen molar-refractivity contribution in [1.82, 2.24) is 0 Å². The first-order chi connectivity index (χ1) is 15.4. The van der Waals surface area contributed by atoms with E-state index >= 15 is 0 Å². The third kappa shape index (κ3) is 16.4. The Morgan fingerprint density at radius 3 is 1.85 bits per heavy atom. The van der Waals surface area contributed by atoms with Crippen LogP contribution in [0.4, 0.5) is 0 Å². The Hall–Kier alpha value is -1.89. The van der Waals surface area contributed by atoms with E-state index in [1.165, 1.54) is 38.5 Å². The standard InChI is InChI=1S/C26H46O7/c1-19(2)9-6-10-20(3)11-7-12-21(4)13-8-14-22(5)15-16-33-24(29)18-26(32,25(30)31)17-23(27)28/h15,19-21,32H,6-14,16-18H2,1-5H3,(H,27,28)(H,30,31). The topological polar surface area (TPSA) is 121 Å². The highest BCUT2D eigenvalue weighted by atomic mass is 16.5. The normalized spacial score (nSPS) is 15.7. The SMILES string of the molecule is CC(=CCOC(=O)CC(O)(CC(=O)O)C(=O)O)CCCC(C)CCCC(C)CCCC(C)C. The van der Waals surface area contributed by atoms with E-state index in [1.807, 2.05) is 6.92 Å². The lowest BCUT2D eigenvalue weighted by Gasteiger charge is -2.19. The summed E-state index contributed by atoms with van der Waals surface area (Å²) >= 11 is 0. The molecule has 0 bridgehead atoms. The molecule has 0 radical (unpaired) electrons. The number of aliphatic carboxylic acids is 2. The smallest absolute Gasteiger partial charge is 0.336 e. The van der Waals surface area contributed by atoms with Gasteiger partial charge in [-0.25, -0.2) is 4.79 Å². The van der Waals surface area contributed by atoms with Gasteiger partial charge in [-0.15, -0.1) is 0 Å². The van der Waals surface area contributed by atoms with Gasteiger partial charge in [0.1, 0.15) is 6.61 Å². The van der Waals surface area contributed by atoms with Crippen LogP contribution in [0, 0.1) is 17.8 Å². The minimum absolute atomic E-state index is 0.0301. The molecule has 0 rings (SSSR count). The number of allylic oxidation sites excluding steroid dienone is 1. The Morgan fingerprint density at radius 1 is 0.848 bits per heavy atom. The van der Waals surface area contributed by atoms with Crippen molar-refractivity contribution >= 4 is 17.9 Å². The van der Waals surface area contributed by atoms with Crippen LogP contribution in [0.3, 0.4) is 0 Å². The van der Waals surface area contributed by atoms with E-state index in [0.29, 0.717) is 5.92 Å². The van der Waals surface area contributed by atoms with Gasteiger partial charge in [-0.05, 0) is 43.6 Å². The fourth-order valence-corrected chi connectivity index (χ4v) is 3.84. The maximum atomic E-state index is 11.8. The monoisotopic (exact) mass is 470 g/mol. The lowest BCUT2D eigenvalue weighted by atomic mass is 9.91. The number of hydrogen-bond donors (Lipinski definition) is 3. The largest absolute Gasteiger partial charge is 0.481 e. The molecule has 0 aliphatic heterocycles. The number of esters is 1. The molecule has 0 spiro atoms. The predicted molar refractivity (Wildman–Crippen MR) is 129 cm³/mol. The number of hydrogen-bond acceptors (Lipinski definition) is 5. The summed E-state index contributed by atoms with van der Waals surface area (Å²) in [6, 6.07) is 0. The Kier molecular flexibility index (Phi) is 15.7. The first-order valence-corrected chi connectivity index (χ1v) is 12.3. The van der Waals surface area contributed by atoms with Crippen LogP contribution in [0.15, 0.2) is 11.6 Å². The molecule has 33 heavy (non-hydrogen) atoms. The summed E-state index contributed by atoms with van der Waals surface area (Å²) in [5.41, 5.74) is -1.59. The quantitative estimate of drug-likeness (QED) is 0.166. The molecule has 0 aromatic rings. The van der Waals surface area contributed by atoms with Crippen LogP contribution in [-0.4, -0.2) is 45.4 Å². The van der Waals surface area contributed by atoms with Crippen LogP contribution < -0.4 is 0 Å². The number of carboxylic acid groups (broad SMARTS) is 2. The Bertz CT molecular complexity index is 626. The van der Waals surface area contributed by atoms with E-state index in [9.17, 15) is 19.5 Å². The first kappa shape index (κ1) is 31.1. The van der Waals surface area contributed by atoms with Crippen molar-refractivity contribution in [1.29, 1.82) is 0 Å². The van der Waals surface area contributed by atoms with Crippen LogP contribution >= 0.6 is 0 Å². The molecule has 192 valence electrons. The second kappa shape index (κ2) is 16.7. The van der Waals surface area contributed by atoms with E-state index in [-0.39, 0.29) is 6.61 Å². The Morgan fingerprint density at radius 2 is 1.36 bits per heavy atom. The number of rotatable bonds is 19. The third-order valence-electron chi connectivity index (χ3n) is 6.09. The van der Waals surface area contributed by atoms with Gasteiger partial charge in [0.2, 0.25) is 0 Å². The zero-order valence-electron chi connectivity index (χ0n) is 21.3. The molecule has 0 saturated carbocycles. The highest BCUT2D eigenvalue weighted by Gasteiger charge is 2.41. The summed E-state index contributed by atoms with van der Waals surface area (Å²) in [6.45, 7) is 11.1. The molecule has 0 heterocycles. The lowest BCUT2D eigenvalue weighted by molar-refractivity contribution is -0.171. The third-order valence-corrected chi connectivity index (χ3v) is 6.09. The Balaban J connectivity index is 4.07. The molecule has 0 aliphatic rings. The van der Waals surface area contributed by atoms with Gasteiger partial charge < -0.3 is 20.1 Å². The second-order valence-electron chi connectivity index (χ2n) is 10.2. The average Bonchev–Trinajstić information content (AvgIpc) is 2.66. The molecule has 3 N–H and O–H groups in total. The second-order valence-corrected chi connectivity index (χ2v) is 10.2. The molecule has 7 heteroatoms. The highest BCUT2D eigenvalue weighted by Crippen LogP contribution is 2.22. The molecule has 0 fully saturated rings. The first-order valence-electron chi connectivity index (χ1n) is 12.3. The molecule has 0 saturated heterocycles. The van der Waals surface area contributed by atoms with Crippen LogP contribution in [0.1, 0.15) is 105 Å². The number of carbonyl (C=O) groups is 3. The van der Waals surface area contributed by atoms with Gasteiger partial charge in [-0.2, -0.15) is 0 Å². The zero-order valence-corrected chi connectivity index (χ0v) is 21.3. The Labute approximate surface area is 199 Å². The summed E-state index contributed by atoms with van der Waals surface area (Å²) in [6.07, 6.45) is 10.7. The fourth-order valence-electron chi connectivity index (χ4n) is 3.84. The molecular weight excluding hydrogens is 424 g/mol. The molecule has 0 amide bonds. The van der Waals surface area contributed by atoms with Crippen LogP contribution in [-0.2, 0) is 19.1 Å². The molecule has 0 aromatic carbocycles. The maximum Gasteiger partial charge on any atom is 0.336 e. The minimum atomic E-state index is -2.66. The van der Waals surface area contributed by atoms with Gasteiger partial charge in [-0.1, -0.05) is 78.2 Å². The summed E-state index contributed by atoms with van der Waals surface area (Å²) < 4.78 is 4.95. The van der Waals surface area contributed by atoms with Crippen molar-refractivity contribution in [2.75, 3.05) is 6.61 Å². The predicted octanol–water partition coefficient (Wildman–Crippen LogP) is 5.60. The van der Waals surface area contributed by atoms with Crippen molar-refractivity contribution < 1.29 is 34.4 Å². The van der Waals surface area contributed by atoms with Gasteiger partial charge in [0.25, 0.3) is 0 Å². The minimum Gasteiger partial charge on any atom is -0.481 e. The number of ether oxygens (including phenoxy) is 1. The van der Waals surface area contributed by atoms with E-state index < -0.39 is 36.4 Å². The molecule has 7 nitrogen and oxygen atoms in total. The summed E-state index contributed by atoms with van der Waals surface area (Å²) in [4.78, 5) is 33.6. The van der Waals surface area contributed by atoms with E-state index in [4.69, 9.17) is 14.9 Å². The van der Waals surface area contributed by atoms with Crippen LogP contribution in [0.2, 0.25) is 0 Å². The van der Waals surface area contributed by atoms with Crippen molar-refractivity contribution in [3.8, 4) is 0 Å². The molecule has 0 aliphatic carbocycles. The van der Waals surface area contributed by atoms with Gasteiger partial charge in [0.15, 0.2) is 5.60 Å². The molecular formula is C26H46O7. The molecule has 3 unspecified atom stereocenters. The highest BCUT2D eigenvalue weighted by molar-refractivity contribution is 5.88. The van der Waals surface area contributed by atoms with Crippen LogP contribution in [0.25, 0.3) is 0 Å². The summed E-state index contributed by atoms with van der Waals surface area (Å²) in [5.74, 6) is -1.93. The summed E-state index contributed by atoms with van der Waals surface area (Å²) in [5, 5.41) is 27.6. The number of carboxylic acids is 2. The lowest BCUT2D eigenvalue weighted by Crippen LogP contribution is -2.43. The van der Waals surface area contributed by atoms with Crippen molar-refractivity contribution in [2.24, 2.45) is 17.8 Å². The fraction of sp³-hybridized carbons (Fsp3) is 0.808. The van der Waals surface area contributed by atoms with Crippen LogP contribution in [0.5, 0.6) is 0 Å². The number of aliphatic hydroxyl groups is 1. The van der Waals surface area contributed by atoms with Gasteiger partial charge in [0.05, 0.1) is 12.8 Å². The summed E-state index contributed by atoms with van der Waals surface area (Å²) in [7, 11) is 0. The van der Waals surface area contributed by atoms with E-state index in [2.05, 4.69) is 27.7 Å². The van der Waals surface area contributed by atoms with Crippen molar-refractivity contribution in [3.63, 3.8) is 0 Å². The van der Waals surface area contributed by atoms with Crippen molar-refractivity contribution in [2.45, 2.75) is 111 Å². The van der Waals surface area contributed by atoms with Gasteiger partial charge in [-0.3, -0.25) is 9.59 Å². The van der Waals surface area contributed by atoms with Crippen molar-refractivity contribution in [3.05, 3.63) is 11.6 Å². The average molecular weight is 471 g/mol. The molecule has 0 aromatic heterocycles. The molecule has 3 atom stereocenters. The zero-order chi connectivity index (χ0) is 25.4. The number of carbonyl (C=O) groups excluding carboxylic acids is 1. The maximum absolute atomic E-state index is 11.8. The van der Waals surface area contributed by atoms with E-state index in [1.54, 1.807) is 6.08 Å². The van der Waals surface area contributed by atoms with Gasteiger partial charge >= 0.3 is 17.9 Å².